The molecule has 0 saturated carbocycles. The predicted molar refractivity (Wildman–Crippen MR) is 24.9 cm³/mol. The van der Waals surface area contributed by atoms with Crippen molar-refractivity contribution in [2.45, 2.75) is 13.2 Å². The third kappa shape index (κ3) is 1.26. The summed E-state index contributed by atoms with van der Waals surface area (Å²) in [6.07, 6.45) is -2.61. The fraction of sp³-hybridized carbons (Fsp3) is 0.500. The average Bonchev–Trinajstić information content (AvgIpc) is 2.11. The van der Waals surface area contributed by atoms with Crippen LogP contribution in [0, 0.1) is 13.1 Å². The molecule has 0 N–H and O–H groups in total. The highest BCUT2D eigenvalue weighted by Crippen LogP contribution is 2.19. The summed E-state index contributed by atoms with van der Waals surface area (Å²) in [5.74, 6) is 0. The smallest absolute Gasteiger partial charge is 0.149 e. The Hall–Kier alpha value is -1.07. The van der Waals surface area contributed by atoms with Gasteiger partial charge in [0, 0.05) is 0 Å². The minimum absolute atomic E-state index is 0.123. The molecule has 0 unspecified atom stereocenters. The van der Waals surface area contributed by atoms with E-state index in [1.807, 2.05) is 6.20 Å². The standard InChI is InChI=1S/C4H3F3N3/c1-3-2-10(9-8-3)4(5,6)7/h1H3. The Morgan fingerprint density at radius 2 is 2.10 bits per heavy atom. The fourth-order valence-corrected chi connectivity index (χ4v) is 0.424. The second-order valence-corrected chi connectivity index (χ2v) is 1.67. The van der Waals surface area contributed by atoms with E-state index in [-0.39, 0.29) is 10.4 Å². The Morgan fingerprint density at radius 3 is 2.30 bits per heavy atom. The van der Waals surface area contributed by atoms with Gasteiger partial charge in [0.05, 0.1) is 5.69 Å². The Labute approximate surface area is 54.5 Å². The van der Waals surface area contributed by atoms with Gasteiger partial charge >= 0.3 is 6.30 Å². The molecule has 1 aromatic rings. The zero-order chi connectivity index (χ0) is 7.78. The molecule has 0 aromatic carbocycles. The number of aryl methyl sites for hydroxylation is 1. The van der Waals surface area contributed by atoms with Crippen molar-refractivity contribution in [2.75, 3.05) is 0 Å². The number of hydrogen-bond acceptors (Lipinski definition) is 2. The average molecular weight is 150 g/mol. The van der Waals surface area contributed by atoms with Crippen molar-refractivity contribution in [3.05, 3.63) is 11.9 Å². The maximum Gasteiger partial charge on any atom is 0.506 e. The van der Waals surface area contributed by atoms with Gasteiger partial charge in [-0.2, -0.15) is 0 Å². The van der Waals surface area contributed by atoms with Gasteiger partial charge in [0.25, 0.3) is 0 Å². The van der Waals surface area contributed by atoms with E-state index in [9.17, 15) is 13.2 Å². The second-order valence-electron chi connectivity index (χ2n) is 1.67. The van der Waals surface area contributed by atoms with Crippen LogP contribution in [0.1, 0.15) is 5.69 Å². The maximum absolute atomic E-state index is 11.6. The van der Waals surface area contributed by atoms with Crippen LogP contribution in [0.3, 0.4) is 0 Å². The van der Waals surface area contributed by atoms with Crippen molar-refractivity contribution in [1.29, 1.82) is 0 Å². The molecule has 0 aliphatic heterocycles. The molecule has 0 aliphatic carbocycles. The molecule has 0 atom stereocenters. The van der Waals surface area contributed by atoms with E-state index in [1.165, 1.54) is 6.92 Å². The summed E-state index contributed by atoms with van der Waals surface area (Å²) >= 11 is 0. The molecule has 0 spiro atoms. The lowest BCUT2D eigenvalue weighted by molar-refractivity contribution is -0.213. The Bertz CT molecular complexity index is 226. The fourth-order valence-electron chi connectivity index (χ4n) is 0.424. The first-order valence-corrected chi connectivity index (χ1v) is 2.39. The second kappa shape index (κ2) is 1.96. The molecule has 0 aliphatic rings. The summed E-state index contributed by atoms with van der Waals surface area (Å²) in [7, 11) is 0. The molecule has 1 radical (unpaired) electrons. The van der Waals surface area contributed by atoms with Crippen LogP contribution >= 0.6 is 0 Å². The summed E-state index contributed by atoms with van der Waals surface area (Å²) in [4.78, 5) is 0. The highest BCUT2D eigenvalue weighted by molar-refractivity contribution is 4.84. The highest BCUT2D eigenvalue weighted by Gasteiger charge is 2.32. The van der Waals surface area contributed by atoms with Gasteiger partial charge in [-0.1, -0.05) is 5.21 Å². The molecule has 0 bridgehead atoms. The lowest BCUT2D eigenvalue weighted by Crippen LogP contribution is -2.17. The Kier molecular flexibility index (Phi) is 1.38. The third-order valence-corrected chi connectivity index (χ3v) is 0.792. The molecular weight excluding hydrogens is 147 g/mol. The number of halogens is 3. The van der Waals surface area contributed by atoms with E-state index in [4.69, 9.17) is 0 Å². The Morgan fingerprint density at radius 1 is 1.50 bits per heavy atom. The lowest BCUT2D eigenvalue weighted by Gasteiger charge is -2.01. The highest BCUT2D eigenvalue weighted by atomic mass is 19.4. The van der Waals surface area contributed by atoms with Crippen LogP contribution in [0.2, 0.25) is 0 Å². The van der Waals surface area contributed by atoms with Crippen LogP contribution < -0.4 is 0 Å². The SMILES string of the molecule is Cc1[c]n(C(F)(F)F)nn1. The first-order valence-electron chi connectivity index (χ1n) is 2.39. The van der Waals surface area contributed by atoms with E-state index in [2.05, 4.69) is 10.3 Å². The third-order valence-electron chi connectivity index (χ3n) is 0.792. The summed E-state index contributed by atoms with van der Waals surface area (Å²) in [5.41, 5.74) is 0.123. The maximum atomic E-state index is 11.6. The van der Waals surface area contributed by atoms with Gasteiger partial charge in [-0.15, -0.1) is 23.0 Å². The zero-order valence-electron chi connectivity index (χ0n) is 4.98. The van der Waals surface area contributed by atoms with Gasteiger partial charge in [0.1, 0.15) is 6.20 Å². The van der Waals surface area contributed by atoms with Crippen LogP contribution in [0.4, 0.5) is 13.2 Å². The van der Waals surface area contributed by atoms with E-state index in [1.54, 1.807) is 0 Å². The minimum Gasteiger partial charge on any atom is -0.149 e. The summed E-state index contributed by atoms with van der Waals surface area (Å²) < 4.78 is 34.6. The van der Waals surface area contributed by atoms with E-state index >= 15 is 0 Å². The molecular formula is C4H3F3N3. The first kappa shape index (κ1) is 7.04. The molecule has 1 heterocycles. The first-order chi connectivity index (χ1) is 4.50. The predicted octanol–water partition coefficient (Wildman–Crippen LogP) is 0.863. The van der Waals surface area contributed by atoms with Gasteiger partial charge in [0.2, 0.25) is 0 Å². The van der Waals surface area contributed by atoms with Crippen molar-refractivity contribution < 1.29 is 13.2 Å². The molecule has 0 fully saturated rings. The van der Waals surface area contributed by atoms with Crippen molar-refractivity contribution in [3.63, 3.8) is 0 Å². The number of rotatable bonds is 0. The van der Waals surface area contributed by atoms with Crippen LogP contribution in [-0.2, 0) is 6.30 Å². The molecule has 0 saturated heterocycles. The summed E-state index contributed by atoms with van der Waals surface area (Å²) in [5, 5.41) is 5.89. The summed E-state index contributed by atoms with van der Waals surface area (Å²) in [6.45, 7) is 1.38. The van der Waals surface area contributed by atoms with Crippen LogP contribution in [0.25, 0.3) is 0 Å². The van der Waals surface area contributed by atoms with Gasteiger partial charge in [-0.05, 0) is 6.92 Å². The molecule has 1 rings (SSSR count). The molecule has 6 heteroatoms. The van der Waals surface area contributed by atoms with E-state index < -0.39 is 6.30 Å². The van der Waals surface area contributed by atoms with Crippen molar-refractivity contribution in [1.82, 2.24) is 15.0 Å². The number of aromatic nitrogens is 3. The quantitative estimate of drug-likeness (QED) is 0.549. The van der Waals surface area contributed by atoms with Crippen LogP contribution in [0.15, 0.2) is 0 Å². The van der Waals surface area contributed by atoms with Crippen LogP contribution in [0.5, 0.6) is 0 Å². The van der Waals surface area contributed by atoms with E-state index in [0.29, 0.717) is 0 Å². The van der Waals surface area contributed by atoms with Gasteiger partial charge in [0.15, 0.2) is 0 Å². The molecule has 10 heavy (non-hydrogen) atoms. The zero-order valence-corrected chi connectivity index (χ0v) is 4.98. The number of alkyl halides is 3. The number of hydrogen-bond donors (Lipinski definition) is 0. The Balaban J connectivity index is 2.96. The summed E-state index contributed by atoms with van der Waals surface area (Å²) in [6, 6.07) is 0. The minimum atomic E-state index is -4.50. The molecule has 0 amide bonds. The van der Waals surface area contributed by atoms with Gasteiger partial charge in [-0.25, -0.2) is 0 Å². The van der Waals surface area contributed by atoms with Crippen molar-refractivity contribution >= 4 is 0 Å². The monoisotopic (exact) mass is 150 g/mol. The van der Waals surface area contributed by atoms with E-state index in [0.717, 1.165) is 0 Å². The molecule has 3 nitrogen and oxygen atoms in total. The van der Waals surface area contributed by atoms with Crippen LogP contribution in [-0.4, -0.2) is 15.0 Å². The van der Waals surface area contributed by atoms with Gasteiger partial charge < -0.3 is 0 Å². The largest absolute Gasteiger partial charge is 0.506 e. The molecule has 55 valence electrons. The molecule has 1 aromatic heterocycles. The van der Waals surface area contributed by atoms with Crippen molar-refractivity contribution in [2.24, 2.45) is 0 Å². The topological polar surface area (TPSA) is 30.7 Å². The van der Waals surface area contributed by atoms with Crippen molar-refractivity contribution in [3.8, 4) is 0 Å². The number of nitrogens with zero attached hydrogens (tertiary/aromatic N) is 3. The normalized spacial score (nSPS) is 12.0. The lowest BCUT2D eigenvalue weighted by atomic mass is 10.6. The van der Waals surface area contributed by atoms with Gasteiger partial charge in [-0.3, -0.25) is 0 Å².